The summed E-state index contributed by atoms with van der Waals surface area (Å²) < 4.78 is 49.9. The van der Waals surface area contributed by atoms with Crippen LogP contribution in [0.1, 0.15) is 37.0 Å². The van der Waals surface area contributed by atoms with E-state index in [0.717, 1.165) is 50.7 Å². The van der Waals surface area contributed by atoms with Gasteiger partial charge < -0.3 is 19.7 Å². The van der Waals surface area contributed by atoms with Gasteiger partial charge in [0.25, 0.3) is 0 Å². The van der Waals surface area contributed by atoms with Gasteiger partial charge in [0.15, 0.2) is 5.96 Å². The number of hydrogen-bond donors (Lipinski definition) is 1. The Labute approximate surface area is 158 Å². The van der Waals surface area contributed by atoms with E-state index in [1.807, 2.05) is 11.8 Å². The van der Waals surface area contributed by atoms with Crippen LogP contribution in [0.3, 0.4) is 0 Å². The maximum atomic E-state index is 13.0. The molecule has 1 aliphatic rings. The van der Waals surface area contributed by atoms with Crippen molar-refractivity contribution in [1.29, 1.82) is 0 Å². The van der Waals surface area contributed by atoms with Crippen molar-refractivity contribution < 1.29 is 22.6 Å². The van der Waals surface area contributed by atoms with Crippen molar-refractivity contribution >= 4 is 5.96 Å². The zero-order chi connectivity index (χ0) is 19.7. The highest BCUT2D eigenvalue weighted by Gasteiger charge is 2.32. The molecule has 0 spiro atoms. The zero-order valence-electron chi connectivity index (χ0n) is 15.9. The fraction of sp³-hybridized carbons (Fsp3) is 0.632. The monoisotopic (exact) mass is 387 g/mol. The number of unbranched alkanes of at least 4 members (excludes halogenated alkanes) is 1. The quantitative estimate of drug-likeness (QED) is 0.442. The molecule has 1 aromatic carbocycles. The summed E-state index contributed by atoms with van der Waals surface area (Å²) in [6, 6.07) is 5.34. The first-order valence-corrected chi connectivity index (χ1v) is 9.27. The van der Waals surface area contributed by atoms with E-state index in [0.29, 0.717) is 25.3 Å². The van der Waals surface area contributed by atoms with E-state index in [-0.39, 0.29) is 0 Å². The molecule has 1 N–H and O–H groups in total. The molecule has 8 heteroatoms. The van der Waals surface area contributed by atoms with E-state index in [4.69, 9.17) is 9.47 Å². The molecule has 1 heterocycles. The first-order valence-electron chi connectivity index (χ1n) is 9.27. The number of nitrogens with zero attached hydrogens (tertiary/aromatic N) is 2. The van der Waals surface area contributed by atoms with Gasteiger partial charge in [-0.1, -0.05) is 12.1 Å². The third kappa shape index (κ3) is 6.70. The number of nitrogens with one attached hydrogen (secondary N) is 1. The smallest absolute Gasteiger partial charge is 0.382 e. The number of ether oxygens (including phenoxy) is 2. The lowest BCUT2D eigenvalue weighted by Gasteiger charge is -2.35. The SMILES string of the molecule is CCOCCCCNC(=NC)N1CCOC(c2cccc(C(F)(F)F)c2)C1. The van der Waals surface area contributed by atoms with Crippen molar-refractivity contribution in [3.05, 3.63) is 35.4 Å². The van der Waals surface area contributed by atoms with Crippen molar-refractivity contribution in [3.8, 4) is 0 Å². The van der Waals surface area contributed by atoms with Crippen LogP contribution in [0.4, 0.5) is 13.2 Å². The van der Waals surface area contributed by atoms with Crippen LogP contribution in [0.2, 0.25) is 0 Å². The number of morpholine rings is 1. The maximum Gasteiger partial charge on any atom is 0.416 e. The largest absolute Gasteiger partial charge is 0.416 e. The summed E-state index contributed by atoms with van der Waals surface area (Å²) in [6.07, 6.45) is -2.85. The number of guanidine groups is 1. The molecule has 2 rings (SSSR count). The Balaban J connectivity index is 1.92. The highest BCUT2D eigenvalue weighted by Crippen LogP contribution is 2.32. The van der Waals surface area contributed by atoms with E-state index >= 15 is 0 Å². The molecule has 1 aliphatic heterocycles. The number of aliphatic imine (C=N–C) groups is 1. The van der Waals surface area contributed by atoms with E-state index in [9.17, 15) is 13.2 Å². The molecule has 0 aliphatic carbocycles. The predicted molar refractivity (Wildman–Crippen MR) is 98.8 cm³/mol. The molecule has 5 nitrogen and oxygen atoms in total. The third-order valence-corrected chi connectivity index (χ3v) is 4.37. The predicted octanol–water partition coefficient (Wildman–Crippen LogP) is 3.47. The summed E-state index contributed by atoms with van der Waals surface area (Å²) in [5.41, 5.74) is -0.126. The molecular weight excluding hydrogens is 359 g/mol. The third-order valence-electron chi connectivity index (χ3n) is 4.37. The standard InChI is InChI=1S/C19H28F3N3O2/c1-3-26-11-5-4-9-24-18(23-2)25-10-12-27-17(14-25)15-7-6-8-16(13-15)19(20,21)22/h6-8,13,17H,3-5,9-12,14H2,1-2H3,(H,23,24). The average molecular weight is 387 g/mol. The van der Waals surface area contributed by atoms with Crippen molar-refractivity contribution in [1.82, 2.24) is 10.2 Å². The Kier molecular flexibility index (Phi) is 8.37. The highest BCUT2D eigenvalue weighted by atomic mass is 19.4. The lowest BCUT2D eigenvalue weighted by molar-refractivity contribution is -0.137. The fourth-order valence-corrected chi connectivity index (χ4v) is 2.96. The van der Waals surface area contributed by atoms with Crippen molar-refractivity contribution in [2.24, 2.45) is 4.99 Å². The molecule has 152 valence electrons. The molecule has 0 bridgehead atoms. The summed E-state index contributed by atoms with van der Waals surface area (Å²) in [6.45, 7) is 5.75. The molecule has 0 aromatic heterocycles. The Morgan fingerprint density at radius 3 is 2.89 bits per heavy atom. The number of halogens is 3. The minimum atomic E-state index is -4.36. The first-order chi connectivity index (χ1) is 13.0. The van der Waals surface area contributed by atoms with E-state index in [1.165, 1.54) is 6.07 Å². The second-order valence-electron chi connectivity index (χ2n) is 6.31. The molecule has 0 radical (unpaired) electrons. The van der Waals surface area contributed by atoms with Gasteiger partial charge in [0.05, 0.1) is 18.7 Å². The van der Waals surface area contributed by atoms with Crippen LogP contribution in [-0.2, 0) is 15.7 Å². The maximum absolute atomic E-state index is 13.0. The van der Waals surface area contributed by atoms with Crippen LogP contribution < -0.4 is 5.32 Å². The van der Waals surface area contributed by atoms with Gasteiger partial charge in [0, 0.05) is 33.4 Å². The summed E-state index contributed by atoms with van der Waals surface area (Å²) in [5, 5.41) is 3.31. The summed E-state index contributed by atoms with van der Waals surface area (Å²) in [4.78, 5) is 6.32. The van der Waals surface area contributed by atoms with Crippen LogP contribution >= 0.6 is 0 Å². The van der Waals surface area contributed by atoms with Gasteiger partial charge in [-0.05, 0) is 37.5 Å². The van der Waals surface area contributed by atoms with Gasteiger partial charge in [0.1, 0.15) is 6.10 Å². The topological polar surface area (TPSA) is 46.1 Å². The van der Waals surface area contributed by atoms with Crippen LogP contribution in [0.25, 0.3) is 0 Å². The van der Waals surface area contributed by atoms with Crippen LogP contribution in [-0.4, -0.2) is 57.4 Å². The van der Waals surface area contributed by atoms with Gasteiger partial charge in [0.2, 0.25) is 0 Å². The Morgan fingerprint density at radius 1 is 1.37 bits per heavy atom. The molecule has 27 heavy (non-hydrogen) atoms. The summed E-state index contributed by atoms with van der Waals surface area (Å²) in [7, 11) is 1.71. The first kappa shape index (κ1) is 21.5. The highest BCUT2D eigenvalue weighted by molar-refractivity contribution is 5.80. The summed E-state index contributed by atoms with van der Waals surface area (Å²) in [5.74, 6) is 0.742. The van der Waals surface area contributed by atoms with Crippen molar-refractivity contribution in [3.63, 3.8) is 0 Å². The fourth-order valence-electron chi connectivity index (χ4n) is 2.96. The number of alkyl halides is 3. The second kappa shape index (κ2) is 10.5. The molecule has 1 fully saturated rings. The minimum Gasteiger partial charge on any atom is -0.382 e. The van der Waals surface area contributed by atoms with E-state index in [1.54, 1.807) is 13.1 Å². The molecule has 1 saturated heterocycles. The Morgan fingerprint density at radius 2 is 2.19 bits per heavy atom. The summed E-state index contributed by atoms with van der Waals surface area (Å²) >= 11 is 0. The van der Waals surface area contributed by atoms with Crippen LogP contribution in [0.5, 0.6) is 0 Å². The number of benzene rings is 1. The molecule has 1 unspecified atom stereocenters. The van der Waals surface area contributed by atoms with Gasteiger partial charge in [-0.25, -0.2) is 0 Å². The van der Waals surface area contributed by atoms with Crippen molar-refractivity contribution in [2.75, 3.05) is 46.5 Å². The van der Waals surface area contributed by atoms with E-state index in [2.05, 4.69) is 10.3 Å². The Bertz CT molecular complexity index is 608. The molecule has 0 amide bonds. The van der Waals surface area contributed by atoms with Crippen molar-refractivity contribution in [2.45, 2.75) is 32.0 Å². The Hall–Kier alpha value is -1.80. The molecule has 0 saturated carbocycles. The second-order valence-corrected chi connectivity index (χ2v) is 6.31. The molecule has 1 atom stereocenters. The lowest BCUT2D eigenvalue weighted by Crippen LogP contribution is -2.48. The average Bonchev–Trinajstić information content (AvgIpc) is 2.67. The van der Waals surface area contributed by atoms with Crippen LogP contribution in [0.15, 0.2) is 29.3 Å². The normalized spacial score (nSPS) is 18.6. The number of rotatable bonds is 7. The minimum absolute atomic E-state index is 0.419. The molecule has 1 aromatic rings. The van der Waals surface area contributed by atoms with Crippen LogP contribution in [0, 0.1) is 0 Å². The molecular formula is C19H28F3N3O2. The van der Waals surface area contributed by atoms with Gasteiger partial charge in [-0.15, -0.1) is 0 Å². The van der Waals surface area contributed by atoms with E-state index < -0.39 is 17.8 Å². The van der Waals surface area contributed by atoms with Gasteiger partial charge in [-0.2, -0.15) is 13.2 Å². The zero-order valence-corrected chi connectivity index (χ0v) is 15.9. The lowest BCUT2D eigenvalue weighted by atomic mass is 10.0. The number of hydrogen-bond acceptors (Lipinski definition) is 3. The van der Waals surface area contributed by atoms with Gasteiger partial charge >= 0.3 is 6.18 Å². The van der Waals surface area contributed by atoms with Gasteiger partial charge in [-0.3, -0.25) is 4.99 Å².